The summed E-state index contributed by atoms with van der Waals surface area (Å²) in [5, 5.41) is 11.8. The summed E-state index contributed by atoms with van der Waals surface area (Å²) in [6, 6.07) is 22.1. The van der Waals surface area contributed by atoms with Gasteiger partial charge in [0.1, 0.15) is 0 Å². The van der Waals surface area contributed by atoms with E-state index in [0.29, 0.717) is 16.8 Å². The summed E-state index contributed by atoms with van der Waals surface area (Å²) >= 11 is 0. The first-order chi connectivity index (χ1) is 14.9. The molecule has 154 valence electrons. The number of carbonyl (C=O) groups is 1. The molecule has 0 aliphatic carbocycles. The van der Waals surface area contributed by atoms with Gasteiger partial charge in [-0.2, -0.15) is 0 Å². The summed E-state index contributed by atoms with van der Waals surface area (Å²) in [5.74, 6) is -0.354. The summed E-state index contributed by atoms with van der Waals surface area (Å²) < 4.78 is 0. The Balaban J connectivity index is 1.76. The number of non-ortho nitro benzene ring substituents is 1. The normalized spacial score (nSPS) is 10.7. The van der Waals surface area contributed by atoms with Crippen LogP contribution in [-0.2, 0) is 6.54 Å². The lowest BCUT2D eigenvalue weighted by Gasteiger charge is -2.23. The molecule has 7 heteroatoms. The minimum absolute atomic E-state index is 0.0550. The van der Waals surface area contributed by atoms with Crippen LogP contribution in [0.1, 0.15) is 21.5 Å². The number of nitrogens with one attached hydrogen (secondary N) is 1. The van der Waals surface area contributed by atoms with Gasteiger partial charge in [-0.05, 0) is 54.3 Å². The van der Waals surface area contributed by atoms with Crippen LogP contribution < -0.4 is 10.5 Å². The molecule has 0 saturated heterocycles. The number of anilines is 1. The number of hydrogen-bond acceptors (Lipinski definition) is 4. The van der Waals surface area contributed by atoms with Gasteiger partial charge in [0, 0.05) is 34.5 Å². The van der Waals surface area contributed by atoms with Crippen LogP contribution in [0.25, 0.3) is 10.9 Å². The zero-order valence-electron chi connectivity index (χ0n) is 16.7. The van der Waals surface area contributed by atoms with E-state index in [1.165, 1.54) is 29.2 Å². The van der Waals surface area contributed by atoms with Gasteiger partial charge in [-0.3, -0.25) is 19.7 Å². The zero-order valence-corrected chi connectivity index (χ0v) is 16.7. The fraction of sp³-hybridized carbons (Fsp3) is 0.0833. The predicted molar refractivity (Wildman–Crippen MR) is 119 cm³/mol. The van der Waals surface area contributed by atoms with Crippen LogP contribution >= 0.6 is 0 Å². The number of carbonyl (C=O) groups excluding carboxylic acids is 1. The van der Waals surface area contributed by atoms with Crippen molar-refractivity contribution in [3.8, 4) is 0 Å². The van der Waals surface area contributed by atoms with Crippen molar-refractivity contribution in [2.24, 2.45) is 0 Å². The number of rotatable bonds is 5. The van der Waals surface area contributed by atoms with Crippen LogP contribution in [0.2, 0.25) is 0 Å². The van der Waals surface area contributed by atoms with Crippen LogP contribution in [0.15, 0.2) is 83.7 Å². The van der Waals surface area contributed by atoms with Crippen molar-refractivity contribution in [2.45, 2.75) is 13.5 Å². The predicted octanol–water partition coefficient (Wildman–Crippen LogP) is 4.59. The Hall–Kier alpha value is -4.26. The second-order valence-corrected chi connectivity index (χ2v) is 7.25. The molecule has 0 aliphatic rings. The molecular weight excluding hydrogens is 394 g/mol. The molecule has 1 N–H and O–H groups in total. The molecule has 0 aliphatic heterocycles. The van der Waals surface area contributed by atoms with Crippen molar-refractivity contribution in [1.29, 1.82) is 0 Å². The number of fused-ring (bicyclic) bond motifs is 1. The van der Waals surface area contributed by atoms with E-state index in [2.05, 4.69) is 4.98 Å². The molecular formula is C24H19N3O4. The summed E-state index contributed by atoms with van der Waals surface area (Å²) in [4.78, 5) is 40.8. The number of aromatic nitrogens is 1. The highest BCUT2D eigenvalue weighted by molar-refractivity contribution is 6.06. The number of hydrogen-bond donors (Lipinski definition) is 1. The molecule has 7 nitrogen and oxygen atoms in total. The topological polar surface area (TPSA) is 96.3 Å². The van der Waals surface area contributed by atoms with E-state index in [1.807, 2.05) is 49.4 Å². The van der Waals surface area contributed by atoms with Crippen molar-refractivity contribution >= 4 is 28.2 Å². The van der Waals surface area contributed by atoms with E-state index in [4.69, 9.17) is 0 Å². The number of nitrogens with zero attached hydrogens (tertiary/aromatic N) is 2. The van der Waals surface area contributed by atoms with E-state index in [0.717, 1.165) is 16.5 Å². The maximum absolute atomic E-state index is 13.4. The first-order valence-corrected chi connectivity index (χ1v) is 9.66. The molecule has 3 aromatic carbocycles. The van der Waals surface area contributed by atoms with Crippen molar-refractivity contribution < 1.29 is 9.72 Å². The number of nitro benzene ring substituents is 1. The fourth-order valence-electron chi connectivity index (χ4n) is 3.44. The van der Waals surface area contributed by atoms with Crippen molar-refractivity contribution in [2.75, 3.05) is 4.90 Å². The molecule has 0 saturated carbocycles. The number of amides is 1. The largest absolute Gasteiger partial charge is 0.322 e. The summed E-state index contributed by atoms with van der Waals surface area (Å²) in [7, 11) is 0. The minimum atomic E-state index is -0.513. The second-order valence-electron chi connectivity index (χ2n) is 7.25. The molecule has 31 heavy (non-hydrogen) atoms. The third-order valence-corrected chi connectivity index (χ3v) is 5.04. The van der Waals surface area contributed by atoms with Gasteiger partial charge in [-0.25, -0.2) is 0 Å². The van der Waals surface area contributed by atoms with Crippen molar-refractivity contribution in [3.05, 3.63) is 116 Å². The summed E-state index contributed by atoms with van der Waals surface area (Å²) in [6.45, 7) is 1.97. The van der Waals surface area contributed by atoms with Crippen molar-refractivity contribution in [3.63, 3.8) is 0 Å². The molecule has 0 unspecified atom stereocenters. The molecule has 4 rings (SSSR count). The Labute approximate surface area is 177 Å². The Morgan fingerprint density at radius 3 is 2.45 bits per heavy atom. The Kier molecular flexibility index (Phi) is 5.32. The quantitative estimate of drug-likeness (QED) is 0.382. The number of aryl methyl sites for hydroxylation is 1. The Morgan fingerprint density at radius 2 is 1.74 bits per heavy atom. The first kappa shape index (κ1) is 20.0. The van der Waals surface area contributed by atoms with Gasteiger partial charge in [0.25, 0.3) is 17.2 Å². The van der Waals surface area contributed by atoms with Crippen LogP contribution in [0, 0.1) is 17.0 Å². The van der Waals surface area contributed by atoms with Gasteiger partial charge in [0.2, 0.25) is 0 Å². The summed E-state index contributed by atoms with van der Waals surface area (Å²) in [5.41, 5.74) is 2.69. The first-order valence-electron chi connectivity index (χ1n) is 9.66. The Morgan fingerprint density at radius 1 is 1.00 bits per heavy atom. The molecule has 0 atom stereocenters. The summed E-state index contributed by atoms with van der Waals surface area (Å²) in [6.07, 6.45) is 0. The molecule has 1 amide bonds. The number of H-pyrrole nitrogens is 1. The molecule has 0 radical (unpaired) electrons. The van der Waals surface area contributed by atoms with Crippen LogP contribution in [0.3, 0.4) is 0 Å². The lowest BCUT2D eigenvalue weighted by atomic mass is 10.1. The molecule has 0 fully saturated rings. The third-order valence-electron chi connectivity index (χ3n) is 5.04. The minimum Gasteiger partial charge on any atom is -0.322 e. The van der Waals surface area contributed by atoms with Gasteiger partial charge < -0.3 is 9.88 Å². The van der Waals surface area contributed by atoms with Crippen molar-refractivity contribution in [1.82, 2.24) is 4.98 Å². The van der Waals surface area contributed by atoms with E-state index in [-0.39, 0.29) is 23.7 Å². The number of benzene rings is 3. The number of nitro groups is 1. The lowest BCUT2D eigenvalue weighted by molar-refractivity contribution is -0.384. The zero-order chi connectivity index (χ0) is 22.0. The molecule has 1 aromatic heterocycles. The van der Waals surface area contributed by atoms with E-state index >= 15 is 0 Å². The number of para-hydroxylation sites is 1. The molecule has 1 heterocycles. The van der Waals surface area contributed by atoms with Gasteiger partial charge in [0.15, 0.2) is 0 Å². The van der Waals surface area contributed by atoms with Gasteiger partial charge in [-0.15, -0.1) is 0 Å². The lowest BCUT2D eigenvalue weighted by Crippen LogP contribution is -2.33. The average Bonchev–Trinajstić information content (AvgIpc) is 2.77. The maximum Gasteiger partial charge on any atom is 0.269 e. The highest BCUT2D eigenvalue weighted by Gasteiger charge is 2.21. The third kappa shape index (κ3) is 4.20. The SMILES string of the molecule is Cc1cccc(N(Cc2cc3ccccc3[nH]c2=O)C(=O)c2ccc([N+](=O)[O-])cc2)c1. The van der Waals surface area contributed by atoms with Gasteiger partial charge >= 0.3 is 0 Å². The number of pyridine rings is 1. The van der Waals surface area contributed by atoms with E-state index in [9.17, 15) is 19.7 Å². The van der Waals surface area contributed by atoms with Gasteiger partial charge in [-0.1, -0.05) is 30.3 Å². The van der Waals surface area contributed by atoms with Crippen LogP contribution in [-0.4, -0.2) is 15.8 Å². The monoisotopic (exact) mass is 413 g/mol. The molecule has 0 bridgehead atoms. The molecule has 0 spiro atoms. The maximum atomic E-state index is 13.4. The van der Waals surface area contributed by atoms with E-state index < -0.39 is 4.92 Å². The second kappa shape index (κ2) is 8.23. The standard InChI is InChI=1S/C24H19N3O4/c1-16-5-4-7-21(13-16)26(24(29)17-9-11-20(12-10-17)27(30)31)15-19-14-18-6-2-3-8-22(18)25-23(19)28/h2-14H,15H2,1H3,(H,25,28). The van der Waals surface area contributed by atoms with Crippen LogP contribution in [0.5, 0.6) is 0 Å². The highest BCUT2D eigenvalue weighted by Crippen LogP contribution is 2.23. The van der Waals surface area contributed by atoms with Gasteiger partial charge in [0.05, 0.1) is 11.5 Å². The Bertz CT molecular complexity index is 1340. The number of aromatic amines is 1. The smallest absolute Gasteiger partial charge is 0.269 e. The van der Waals surface area contributed by atoms with Crippen LogP contribution in [0.4, 0.5) is 11.4 Å². The molecule has 4 aromatic rings. The highest BCUT2D eigenvalue weighted by atomic mass is 16.6. The van der Waals surface area contributed by atoms with E-state index in [1.54, 1.807) is 12.1 Å². The fourth-order valence-corrected chi connectivity index (χ4v) is 3.44. The average molecular weight is 413 g/mol.